The maximum absolute atomic E-state index is 11.8. The lowest BCUT2D eigenvalue weighted by Crippen LogP contribution is -2.27. The van der Waals surface area contributed by atoms with Gasteiger partial charge in [-0.1, -0.05) is 13.8 Å². The van der Waals surface area contributed by atoms with Gasteiger partial charge in [-0.2, -0.15) is 0 Å². The van der Waals surface area contributed by atoms with E-state index < -0.39 is 5.97 Å². The van der Waals surface area contributed by atoms with Gasteiger partial charge in [0.05, 0.1) is 4.88 Å². The molecule has 1 heterocycles. The Kier molecular flexibility index (Phi) is 5.54. The van der Waals surface area contributed by atoms with Crippen molar-refractivity contribution in [2.75, 3.05) is 6.54 Å². The zero-order valence-electron chi connectivity index (χ0n) is 11.7. The van der Waals surface area contributed by atoms with Crippen molar-refractivity contribution >= 4 is 23.2 Å². The summed E-state index contributed by atoms with van der Waals surface area (Å²) in [4.78, 5) is 24.2. The Labute approximate surface area is 117 Å². The van der Waals surface area contributed by atoms with Crippen LogP contribution in [0.1, 0.15) is 47.7 Å². The molecule has 2 N–H and O–H groups in total. The molecule has 0 spiro atoms. The maximum atomic E-state index is 11.8. The predicted molar refractivity (Wildman–Crippen MR) is 76.7 cm³/mol. The average molecular weight is 283 g/mol. The van der Waals surface area contributed by atoms with Gasteiger partial charge in [-0.3, -0.25) is 9.59 Å². The smallest absolute Gasteiger partial charge is 0.303 e. The lowest BCUT2D eigenvalue weighted by atomic mass is 9.84. The first kappa shape index (κ1) is 15.7. The summed E-state index contributed by atoms with van der Waals surface area (Å²) in [5.41, 5.74) is -0.0724. The predicted octanol–water partition coefficient (Wildman–Crippen LogP) is 3.07. The molecule has 0 radical (unpaired) electrons. The molecule has 1 amide bonds. The van der Waals surface area contributed by atoms with Crippen molar-refractivity contribution in [3.63, 3.8) is 0 Å². The van der Waals surface area contributed by atoms with E-state index in [0.717, 1.165) is 16.2 Å². The fourth-order valence-corrected chi connectivity index (χ4v) is 2.51. The van der Waals surface area contributed by atoms with Crippen LogP contribution in [0.15, 0.2) is 12.1 Å². The van der Waals surface area contributed by atoms with E-state index >= 15 is 0 Å². The lowest BCUT2D eigenvalue weighted by molar-refractivity contribution is -0.137. The first-order valence-electron chi connectivity index (χ1n) is 6.37. The third-order valence-corrected chi connectivity index (χ3v) is 4.07. The van der Waals surface area contributed by atoms with E-state index in [4.69, 9.17) is 5.11 Å². The molecule has 1 aromatic rings. The van der Waals surface area contributed by atoms with Crippen molar-refractivity contribution < 1.29 is 14.7 Å². The van der Waals surface area contributed by atoms with E-state index in [1.54, 1.807) is 0 Å². The number of aliphatic carboxylic acids is 1. The Morgan fingerprint density at radius 2 is 2.00 bits per heavy atom. The Morgan fingerprint density at radius 1 is 1.32 bits per heavy atom. The third-order valence-electron chi connectivity index (χ3n) is 3.07. The first-order chi connectivity index (χ1) is 8.80. The molecule has 19 heavy (non-hydrogen) atoms. The summed E-state index contributed by atoms with van der Waals surface area (Å²) in [5.74, 6) is -0.821. The van der Waals surface area contributed by atoms with Crippen molar-refractivity contribution in [2.45, 2.75) is 40.0 Å². The highest BCUT2D eigenvalue weighted by Gasteiger charge is 2.19. The number of carboxylic acids is 1. The van der Waals surface area contributed by atoms with E-state index in [0.29, 0.717) is 13.0 Å². The number of hydrogen-bond donors (Lipinski definition) is 2. The molecule has 0 unspecified atom stereocenters. The highest BCUT2D eigenvalue weighted by atomic mass is 32.1. The molecule has 106 valence electrons. The molecule has 0 aliphatic carbocycles. The van der Waals surface area contributed by atoms with Crippen LogP contribution in [0.25, 0.3) is 0 Å². The molecule has 4 nitrogen and oxygen atoms in total. The number of hydrogen-bond acceptors (Lipinski definition) is 3. The second kappa shape index (κ2) is 6.70. The van der Waals surface area contributed by atoms with Crippen molar-refractivity contribution in [1.29, 1.82) is 0 Å². The van der Waals surface area contributed by atoms with E-state index in [9.17, 15) is 9.59 Å². The van der Waals surface area contributed by atoms with Crippen molar-refractivity contribution in [3.8, 4) is 0 Å². The molecule has 0 saturated carbocycles. The van der Waals surface area contributed by atoms with Crippen LogP contribution in [0.2, 0.25) is 0 Å². The minimum absolute atomic E-state index is 0.0489. The number of thiophene rings is 1. The summed E-state index contributed by atoms with van der Waals surface area (Å²) in [6.45, 7) is 6.59. The average Bonchev–Trinajstić information content (AvgIpc) is 2.73. The molecule has 0 saturated heterocycles. The van der Waals surface area contributed by atoms with Crippen LogP contribution in [0.5, 0.6) is 0 Å². The van der Waals surface area contributed by atoms with Crippen LogP contribution < -0.4 is 5.32 Å². The summed E-state index contributed by atoms with van der Waals surface area (Å²) in [7, 11) is 0. The number of carbonyl (C=O) groups is 2. The van der Waals surface area contributed by atoms with Gasteiger partial charge in [-0.15, -0.1) is 11.3 Å². The molecule has 0 fully saturated rings. The van der Waals surface area contributed by atoms with Crippen molar-refractivity contribution in [1.82, 2.24) is 5.32 Å². The second-order valence-corrected chi connectivity index (χ2v) is 6.76. The van der Waals surface area contributed by atoms with Crippen molar-refractivity contribution in [3.05, 3.63) is 21.9 Å². The standard InChI is InChI=1S/C14H21NO3S/c1-10-4-5-11(19-10)13(18)15-9-8-14(2,3)7-6-12(16)17/h4-5H,6-9H2,1-3H3,(H,15,18)(H,16,17). The minimum atomic E-state index is -0.772. The normalized spacial score (nSPS) is 11.3. The molecule has 0 aliphatic rings. The Balaban J connectivity index is 2.33. The minimum Gasteiger partial charge on any atom is -0.481 e. The Bertz CT molecular complexity index is 451. The highest BCUT2D eigenvalue weighted by Crippen LogP contribution is 2.26. The molecule has 0 bridgehead atoms. The Morgan fingerprint density at radius 3 is 2.53 bits per heavy atom. The summed E-state index contributed by atoms with van der Waals surface area (Å²) >= 11 is 1.48. The number of carboxylic acid groups (broad SMARTS) is 1. The van der Waals surface area contributed by atoms with Crippen LogP contribution in [0, 0.1) is 12.3 Å². The summed E-state index contributed by atoms with van der Waals surface area (Å²) in [6, 6.07) is 3.75. The van der Waals surface area contributed by atoms with Crippen molar-refractivity contribution in [2.24, 2.45) is 5.41 Å². The van der Waals surface area contributed by atoms with Crippen LogP contribution in [-0.2, 0) is 4.79 Å². The van der Waals surface area contributed by atoms with E-state index in [1.165, 1.54) is 11.3 Å². The SMILES string of the molecule is Cc1ccc(C(=O)NCCC(C)(C)CCC(=O)O)s1. The molecule has 0 aromatic carbocycles. The van der Waals surface area contributed by atoms with Gasteiger partial charge in [0.15, 0.2) is 0 Å². The quantitative estimate of drug-likeness (QED) is 0.808. The van der Waals surface area contributed by atoms with Crippen LogP contribution in [-0.4, -0.2) is 23.5 Å². The fraction of sp³-hybridized carbons (Fsp3) is 0.571. The van der Waals surface area contributed by atoms with E-state index in [-0.39, 0.29) is 17.7 Å². The van der Waals surface area contributed by atoms with Crippen LogP contribution >= 0.6 is 11.3 Å². The van der Waals surface area contributed by atoms with Crippen LogP contribution in [0.3, 0.4) is 0 Å². The molecule has 0 atom stereocenters. The summed E-state index contributed by atoms with van der Waals surface area (Å²) in [5, 5.41) is 11.6. The monoisotopic (exact) mass is 283 g/mol. The molecule has 0 aliphatic heterocycles. The van der Waals surface area contributed by atoms with E-state index in [1.807, 2.05) is 32.9 Å². The lowest BCUT2D eigenvalue weighted by Gasteiger charge is -2.23. The maximum Gasteiger partial charge on any atom is 0.303 e. The first-order valence-corrected chi connectivity index (χ1v) is 7.18. The number of amides is 1. The fourth-order valence-electron chi connectivity index (χ4n) is 1.73. The van der Waals surface area contributed by atoms with Gasteiger partial charge in [0, 0.05) is 17.8 Å². The number of nitrogens with one attached hydrogen (secondary N) is 1. The van der Waals surface area contributed by atoms with Gasteiger partial charge in [-0.25, -0.2) is 0 Å². The number of aryl methyl sites for hydroxylation is 1. The van der Waals surface area contributed by atoms with Gasteiger partial charge in [-0.05, 0) is 37.3 Å². The number of rotatable bonds is 7. The van der Waals surface area contributed by atoms with Gasteiger partial charge >= 0.3 is 5.97 Å². The third kappa shape index (κ3) is 5.87. The van der Waals surface area contributed by atoms with Crippen LogP contribution in [0.4, 0.5) is 0 Å². The molecule has 1 rings (SSSR count). The Hall–Kier alpha value is -1.36. The summed E-state index contributed by atoms with van der Waals surface area (Å²) < 4.78 is 0. The van der Waals surface area contributed by atoms with Gasteiger partial charge < -0.3 is 10.4 Å². The van der Waals surface area contributed by atoms with Gasteiger partial charge in [0.2, 0.25) is 0 Å². The zero-order valence-corrected chi connectivity index (χ0v) is 12.5. The zero-order chi connectivity index (χ0) is 14.5. The molecular formula is C14H21NO3S. The topological polar surface area (TPSA) is 66.4 Å². The summed E-state index contributed by atoms with van der Waals surface area (Å²) in [6.07, 6.45) is 1.57. The highest BCUT2D eigenvalue weighted by molar-refractivity contribution is 7.13. The molecule has 1 aromatic heterocycles. The number of carbonyl (C=O) groups excluding carboxylic acids is 1. The largest absolute Gasteiger partial charge is 0.481 e. The van der Waals surface area contributed by atoms with E-state index in [2.05, 4.69) is 5.32 Å². The second-order valence-electron chi connectivity index (χ2n) is 5.47. The van der Waals surface area contributed by atoms with Gasteiger partial charge in [0.25, 0.3) is 5.91 Å². The molecular weight excluding hydrogens is 262 g/mol. The molecule has 5 heteroatoms. The van der Waals surface area contributed by atoms with Gasteiger partial charge in [0.1, 0.15) is 0 Å².